The van der Waals surface area contributed by atoms with Crippen molar-refractivity contribution in [3.05, 3.63) is 30.3 Å². The van der Waals surface area contributed by atoms with Crippen LogP contribution in [0.2, 0.25) is 0 Å². The zero-order chi connectivity index (χ0) is 18.1. The van der Waals surface area contributed by atoms with Crippen LogP contribution in [-0.4, -0.2) is 37.0 Å². The SMILES string of the molecule is CCCCOC1C(C)OC(Sc2ccccc2)C(C)C1OCCCC. The molecular weight excluding hydrogens is 332 g/mol. The normalized spacial score (nSPS) is 29.7. The van der Waals surface area contributed by atoms with Gasteiger partial charge in [-0.15, -0.1) is 0 Å². The maximum Gasteiger partial charge on any atom is 0.113 e. The van der Waals surface area contributed by atoms with Gasteiger partial charge in [-0.3, -0.25) is 0 Å². The van der Waals surface area contributed by atoms with Crippen molar-refractivity contribution in [2.24, 2.45) is 5.92 Å². The van der Waals surface area contributed by atoms with E-state index in [-0.39, 0.29) is 29.7 Å². The van der Waals surface area contributed by atoms with Gasteiger partial charge in [0.1, 0.15) is 11.5 Å². The summed E-state index contributed by atoms with van der Waals surface area (Å²) in [5, 5.41) is 0. The average Bonchev–Trinajstić information content (AvgIpc) is 2.62. The fourth-order valence-corrected chi connectivity index (χ4v) is 4.29. The minimum Gasteiger partial charge on any atom is -0.375 e. The summed E-state index contributed by atoms with van der Waals surface area (Å²) in [4.78, 5) is 1.24. The van der Waals surface area contributed by atoms with Gasteiger partial charge in [-0.1, -0.05) is 63.6 Å². The van der Waals surface area contributed by atoms with Gasteiger partial charge in [-0.2, -0.15) is 0 Å². The summed E-state index contributed by atoms with van der Waals surface area (Å²) in [6, 6.07) is 10.5. The van der Waals surface area contributed by atoms with E-state index in [9.17, 15) is 0 Å². The van der Waals surface area contributed by atoms with Crippen molar-refractivity contribution in [1.29, 1.82) is 0 Å². The first-order valence-electron chi connectivity index (χ1n) is 9.77. The molecule has 0 aromatic heterocycles. The van der Waals surface area contributed by atoms with E-state index in [1.54, 1.807) is 11.8 Å². The second-order valence-corrected chi connectivity index (χ2v) is 8.05. The topological polar surface area (TPSA) is 27.7 Å². The third-order valence-electron chi connectivity index (χ3n) is 4.69. The van der Waals surface area contributed by atoms with E-state index in [2.05, 4.69) is 52.0 Å². The number of unbranched alkanes of at least 4 members (excludes halogenated alkanes) is 2. The molecule has 5 atom stereocenters. The van der Waals surface area contributed by atoms with Crippen molar-refractivity contribution < 1.29 is 14.2 Å². The molecule has 4 heteroatoms. The van der Waals surface area contributed by atoms with Crippen molar-refractivity contribution >= 4 is 11.8 Å². The van der Waals surface area contributed by atoms with Crippen LogP contribution in [0.4, 0.5) is 0 Å². The van der Waals surface area contributed by atoms with Gasteiger partial charge in [0.2, 0.25) is 0 Å². The standard InChI is InChI=1S/C21H34O3S/c1-5-7-14-22-19-16(3)21(25-18-12-10-9-11-13-18)24-17(4)20(19)23-15-8-6-2/h9-13,16-17,19-21H,5-8,14-15H2,1-4H3. The van der Waals surface area contributed by atoms with Gasteiger partial charge < -0.3 is 14.2 Å². The first-order chi connectivity index (χ1) is 12.2. The molecule has 1 fully saturated rings. The molecular formula is C21H34O3S. The van der Waals surface area contributed by atoms with Crippen molar-refractivity contribution in [2.75, 3.05) is 13.2 Å². The minimum atomic E-state index is 0.0195. The highest BCUT2D eigenvalue weighted by atomic mass is 32.2. The first-order valence-corrected chi connectivity index (χ1v) is 10.7. The average molecular weight is 367 g/mol. The van der Waals surface area contributed by atoms with Gasteiger partial charge in [0.15, 0.2) is 0 Å². The monoisotopic (exact) mass is 366 g/mol. The Hall–Kier alpha value is -0.550. The molecule has 1 aromatic rings. The highest BCUT2D eigenvalue weighted by molar-refractivity contribution is 7.99. The Kier molecular flexibility index (Phi) is 9.32. The first kappa shape index (κ1) is 20.8. The van der Waals surface area contributed by atoms with Crippen molar-refractivity contribution in [3.63, 3.8) is 0 Å². The van der Waals surface area contributed by atoms with E-state index in [0.29, 0.717) is 0 Å². The summed E-state index contributed by atoms with van der Waals surface area (Å²) >= 11 is 1.79. The van der Waals surface area contributed by atoms with Crippen LogP contribution in [0.3, 0.4) is 0 Å². The second-order valence-electron chi connectivity index (χ2n) is 6.88. The van der Waals surface area contributed by atoms with Crippen molar-refractivity contribution in [3.8, 4) is 0 Å². The highest BCUT2D eigenvalue weighted by Crippen LogP contribution is 2.38. The summed E-state index contributed by atoms with van der Waals surface area (Å²) < 4.78 is 18.8. The molecule has 1 heterocycles. The fraction of sp³-hybridized carbons (Fsp3) is 0.714. The number of benzene rings is 1. The quantitative estimate of drug-likeness (QED) is 0.509. The van der Waals surface area contributed by atoms with Gasteiger partial charge in [0.05, 0.1) is 12.2 Å². The van der Waals surface area contributed by atoms with E-state index in [1.165, 1.54) is 4.90 Å². The van der Waals surface area contributed by atoms with Crippen LogP contribution in [-0.2, 0) is 14.2 Å². The summed E-state index contributed by atoms with van der Waals surface area (Å²) in [5.74, 6) is 0.282. The Morgan fingerprint density at radius 2 is 1.52 bits per heavy atom. The Labute approximate surface area is 157 Å². The number of hydrogen-bond acceptors (Lipinski definition) is 4. The van der Waals surface area contributed by atoms with E-state index in [1.807, 2.05) is 6.07 Å². The molecule has 0 aliphatic carbocycles. The maximum atomic E-state index is 6.34. The van der Waals surface area contributed by atoms with Gasteiger partial charge in [0.25, 0.3) is 0 Å². The molecule has 0 bridgehead atoms. The predicted molar refractivity (Wildman–Crippen MR) is 105 cm³/mol. The Morgan fingerprint density at radius 3 is 2.12 bits per heavy atom. The molecule has 3 nitrogen and oxygen atoms in total. The van der Waals surface area contributed by atoms with Gasteiger partial charge >= 0.3 is 0 Å². The van der Waals surface area contributed by atoms with Crippen LogP contribution >= 0.6 is 11.8 Å². The van der Waals surface area contributed by atoms with Crippen LogP contribution in [0.1, 0.15) is 53.4 Å². The molecule has 1 aliphatic rings. The van der Waals surface area contributed by atoms with Crippen LogP contribution < -0.4 is 0 Å². The van der Waals surface area contributed by atoms with Gasteiger partial charge in [-0.25, -0.2) is 0 Å². The fourth-order valence-electron chi connectivity index (χ4n) is 3.11. The molecule has 1 aromatic carbocycles. The Bertz CT molecular complexity index is 467. The van der Waals surface area contributed by atoms with Gasteiger partial charge in [-0.05, 0) is 31.9 Å². The zero-order valence-electron chi connectivity index (χ0n) is 16.1. The second kappa shape index (κ2) is 11.2. The number of thioether (sulfide) groups is 1. The van der Waals surface area contributed by atoms with E-state index in [4.69, 9.17) is 14.2 Å². The van der Waals surface area contributed by atoms with E-state index >= 15 is 0 Å². The lowest BCUT2D eigenvalue weighted by molar-refractivity contribution is -0.201. The molecule has 25 heavy (non-hydrogen) atoms. The van der Waals surface area contributed by atoms with E-state index in [0.717, 1.165) is 38.9 Å². The van der Waals surface area contributed by atoms with Crippen molar-refractivity contribution in [2.45, 2.75) is 82.0 Å². The molecule has 1 saturated heterocycles. The zero-order valence-corrected chi connectivity index (χ0v) is 17.0. The Morgan fingerprint density at radius 1 is 0.920 bits per heavy atom. The predicted octanol–water partition coefficient (Wildman–Crippen LogP) is 5.53. The third-order valence-corrected chi connectivity index (χ3v) is 6.01. The lowest BCUT2D eigenvalue weighted by Crippen LogP contribution is -2.54. The lowest BCUT2D eigenvalue weighted by atomic mass is 9.93. The number of hydrogen-bond donors (Lipinski definition) is 0. The molecule has 1 aliphatic heterocycles. The largest absolute Gasteiger partial charge is 0.375 e. The highest BCUT2D eigenvalue weighted by Gasteiger charge is 2.43. The van der Waals surface area contributed by atoms with Crippen LogP contribution in [0, 0.1) is 5.92 Å². The third kappa shape index (κ3) is 6.28. The smallest absolute Gasteiger partial charge is 0.113 e. The molecule has 2 rings (SSSR count). The molecule has 0 radical (unpaired) electrons. The summed E-state index contributed by atoms with van der Waals surface area (Å²) in [5.41, 5.74) is 0.0926. The molecule has 0 saturated carbocycles. The summed E-state index contributed by atoms with van der Waals surface area (Å²) in [7, 11) is 0. The number of rotatable bonds is 10. The molecule has 0 N–H and O–H groups in total. The van der Waals surface area contributed by atoms with Gasteiger partial charge in [0, 0.05) is 24.0 Å². The number of ether oxygens (including phenoxy) is 3. The molecule has 142 valence electrons. The summed E-state index contributed by atoms with van der Waals surface area (Å²) in [6.07, 6.45) is 4.63. The molecule has 5 unspecified atom stereocenters. The minimum absolute atomic E-state index is 0.0195. The van der Waals surface area contributed by atoms with Crippen LogP contribution in [0.25, 0.3) is 0 Å². The lowest BCUT2D eigenvalue weighted by Gasteiger charge is -2.44. The van der Waals surface area contributed by atoms with Crippen LogP contribution in [0.5, 0.6) is 0 Å². The van der Waals surface area contributed by atoms with Crippen LogP contribution in [0.15, 0.2) is 35.2 Å². The molecule has 0 amide bonds. The Balaban J connectivity index is 2.04. The molecule has 0 spiro atoms. The van der Waals surface area contributed by atoms with E-state index < -0.39 is 0 Å². The maximum absolute atomic E-state index is 6.34. The summed E-state index contributed by atoms with van der Waals surface area (Å²) in [6.45, 7) is 10.3. The van der Waals surface area contributed by atoms with Crippen molar-refractivity contribution in [1.82, 2.24) is 0 Å².